The Hall–Kier alpha value is -1.75. The summed E-state index contributed by atoms with van der Waals surface area (Å²) >= 11 is 0. The smallest absolute Gasteiger partial charge is 0.251 e. The van der Waals surface area contributed by atoms with Crippen LogP contribution >= 0.6 is 0 Å². The van der Waals surface area contributed by atoms with Crippen molar-refractivity contribution in [2.45, 2.75) is 32.2 Å². The van der Waals surface area contributed by atoms with Crippen LogP contribution < -0.4 is 14.8 Å². The Morgan fingerprint density at radius 2 is 2.22 bits per heavy atom. The molecule has 1 aromatic rings. The van der Waals surface area contributed by atoms with Crippen molar-refractivity contribution in [2.24, 2.45) is 11.8 Å². The predicted molar refractivity (Wildman–Crippen MR) is 86.8 cm³/mol. The number of benzene rings is 1. The molecule has 4 aliphatic heterocycles. The Bertz CT molecular complexity index is 604. The molecule has 0 spiro atoms. The normalized spacial score (nSPS) is 31.2. The maximum absolute atomic E-state index is 12.4. The van der Waals surface area contributed by atoms with Crippen molar-refractivity contribution in [1.82, 2.24) is 10.2 Å². The zero-order chi connectivity index (χ0) is 15.8. The minimum absolute atomic E-state index is 0.0296. The minimum atomic E-state index is -0.0296. The van der Waals surface area contributed by atoms with Gasteiger partial charge in [-0.25, -0.2) is 0 Å². The average Bonchev–Trinajstić information content (AvgIpc) is 3.07. The maximum Gasteiger partial charge on any atom is 0.251 e. The highest BCUT2D eigenvalue weighted by Gasteiger charge is 2.39. The summed E-state index contributed by atoms with van der Waals surface area (Å²) in [5, 5.41) is 3.10. The lowest BCUT2D eigenvalue weighted by molar-refractivity contribution is 0.000725. The summed E-state index contributed by atoms with van der Waals surface area (Å²) < 4.78 is 10.6. The first kappa shape index (κ1) is 14.8. The van der Waals surface area contributed by atoms with E-state index in [4.69, 9.17) is 9.47 Å². The van der Waals surface area contributed by atoms with E-state index in [1.807, 2.05) is 0 Å². The predicted octanol–water partition coefficient (Wildman–Crippen LogP) is 2.27. The van der Waals surface area contributed by atoms with Crippen molar-refractivity contribution >= 4 is 5.91 Å². The molecule has 23 heavy (non-hydrogen) atoms. The van der Waals surface area contributed by atoms with Gasteiger partial charge in [-0.2, -0.15) is 0 Å². The SMILES string of the molecule is CC[C@@H]1CN2CC[C@H]1C[C@@H]2CNC(=O)c1ccc2c(c1)OCO2. The van der Waals surface area contributed by atoms with Gasteiger partial charge in [-0.05, 0) is 49.4 Å². The van der Waals surface area contributed by atoms with E-state index in [0.29, 0.717) is 23.1 Å². The molecule has 1 unspecified atom stereocenters. The second-order valence-electron chi connectivity index (χ2n) is 6.88. The number of nitrogens with zero attached hydrogens (tertiary/aromatic N) is 1. The summed E-state index contributed by atoms with van der Waals surface area (Å²) in [6.07, 6.45) is 3.82. The van der Waals surface area contributed by atoms with Crippen molar-refractivity contribution in [1.29, 1.82) is 0 Å². The molecule has 2 bridgehead atoms. The van der Waals surface area contributed by atoms with Gasteiger partial charge in [-0.15, -0.1) is 0 Å². The van der Waals surface area contributed by atoms with E-state index in [-0.39, 0.29) is 12.7 Å². The van der Waals surface area contributed by atoms with Gasteiger partial charge >= 0.3 is 0 Å². The number of hydrogen-bond acceptors (Lipinski definition) is 4. The van der Waals surface area contributed by atoms with E-state index in [1.54, 1.807) is 18.2 Å². The maximum atomic E-state index is 12.4. The van der Waals surface area contributed by atoms with Crippen LogP contribution in [0.2, 0.25) is 0 Å². The Morgan fingerprint density at radius 3 is 3.00 bits per heavy atom. The van der Waals surface area contributed by atoms with Crippen molar-refractivity contribution in [3.63, 3.8) is 0 Å². The molecule has 5 rings (SSSR count). The summed E-state index contributed by atoms with van der Waals surface area (Å²) in [7, 11) is 0. The van der Waals surface area contributed by atoms with Gasteiger partial charge in [-0.1, -0.05) is 13.3 Å². The van der Waals surface area contributed by atoms with Gasteiger partial charge in [0.2, 0.25) is 6.79 Å². The molecular weight excluding hydrogens is 292 g/mol. The Kier molecular flexibility index (Phi) is 3.89. The van der Waals surface area contributed by atoms with Gasteiger partial charge in [0.1, 0.15) is 0 Å². The van der Waals surface area contributed by atoms with Gasteiger partial charge in [0.25, 0.3) is 5.91 Å². The lowest BCUT2D eigenvalue weighted by Gasteiger charge is -2.50. The molecule has 0 aliphatic carbocycles. The molecule has 1 aromatic carbocycles. The molecule has 5 heteroatoms. The first-order valence-corrected chi connectivity index (χ1v) is 8.66. The molecule has 4 aliphatic rings. The van der Waals surface area contributed by atoms with Crippen LogP contribution in [0.1, 0.15) is 36.5 Å². The standard InChI is InChI=1S/C18H24N2O3/c1-2-12-10-20-6-5-13(12)7-15(20)9-19-18(21)14-3-4-16-17(8-14)23-11-22-16/h3-4,8,12-13,15H,2,5-7,9-11H2,1H3,(H,19,21)/t12-,13+,15-/m1/s1. The van der Waals surface area contributed by atoms with E-state index >= 15 is 0 Å². The fraction of sp³-hybridized carbons (Fsp3) is 0.611. The number of fused-ring (bicyclic) bond motifs is 4. The zero-order valence-corrected chi connectivity index (χ0v) is 13.6. The van der Waals surface area contributed by atoms with E-state index in [0.717, 1.165) is 18.4 Å². The van der Waals surface area contributed by atoms with Crippen molar-refractivity contribution in [3.8, 4) is 11.5 Å². The Labute approximate surface area is 136 Å². The molecule has 3 fully saturated rings. The fourth-order valence-corrected chi connectivity index (χ4v) is 4.27. The van der Waals surface area contributed by atoms with Crippen LogP contribution in [0, 0.1) is 11.8 Å². The molecule has 124 valence electrons. The largest absolute Gasteiger partial charge is 0.454 e. The lowest BCUT2D eigenvalue weighted by Crippen LogP contribution is -2.56. The van der Waals surface area contributed by atoms with Crippen LogP contribution in [0.3, 0.4) is 0 Å². The highest BCUT2D eigenvalue weighted by Crippen LogP contribution is 2.37. The van der Waals surface area contributed by atoms with Crippen molar-refractivity contribution in [2.75, 3.05) is 26.4 Å². The Morgan fingerprint density at radius 1 is 1.35 bits per heavy atom. The van der Waals surface area contributed by atoms with E-state index < -0.39 is 0 Å². The minimum Gasteiger partial charge on any atom is -0.454 e. The van der Waals surface area contributed by atoms with Gasteiger partial charge in [0.05, 0.1) is 0 Å². The summed E-state index contributed by atoms with van der Waals surface area (Å²) in [5.74, 6) is 3.03. The summed E-state index contributed by atoms with van der Waals surface area (Å²) in [4.78, 5) is 15.0. The number of piperidine rings is 3. The fourth-order valence-electron chi connectivity index (χ4n) is 4.27. The van der Waals surface area contributed by atoms with Crippen molar-refractivity contribution < 1.29 is 14.3 Å². The monoisotopic (exact) mass is 316 g/mol. The zero-order valence-electron chi connectivity index (χ0n) is 13.6. The number of hydrogen-bond donors (Lipinski definition) is 1. The van der Waals surface area contributed by atoms with E-state index in [1.165, 1.54) is 32.4 Å². The molecule has 3 saturated heterocycles. The van der Waals surface area contributed by atoms with Gasteiger partial charge < -0.3 is 14.8 Å². The first-order valence-electron chi connectivity index (χ1n) is 8.66. The molecule has 1 amide bonds. The Balaban J connectivity index is 1.35. The first-order chi connectivity index (χ1) is 11.2. The third-order valence-electron chi connectivity index (χ3n) is 5.67. The molecule has 5 nitrogen and oxygen atoms in total. The number of amides is 1. The van der Waals surface area contributed by atoms with E-state index in [2.05, 4.69) is 17.1 Å². The summed E-state index contributed by atoms with van der Waals surface area (Å²) in [6.45, 7) is 5.65. The second kappa shape index (κ2) is 6.04. The summed E-state index contributed by atoms with van der Waals surface area (Å²) in [5.41, 5.74) is 0.636. The van der Waals surface area contributed by atoms with Gasteiger partial charge in [0.15, 0.2) is 11.5 Å². The van der Waals surface area contributed by atoms with Crippen LogP contribution in [-0.4, -0.2) is 43.3 Å². The van der Waals surface area contributed by atoms with Crippen LogP contribution in [0.4, 0.5) is 0 Å². The highest BCUT2D eigenvalue weighted by molar-refractivity contribution is 5.94. The van der Waals surface area contributed by atoms with Crippen LogP contribution in [0.25, 0.3) is 0 Å². The second-order valence-corrected chi connectivity index (χ2v) is 6.88. The number of carbonyl (C=O) groups is 1. The van der Waals surface area contributed by atoms with E-state index in [9.17, 15) is 4.79 Å². The van der Waals surface area contributed by atoms with Crippen LogP contribution in [0.15, 0.2) is 18.2 Å². The molecule has 1 N–H and O–H groups in total. The van der Waals surface area contributed by atoms with Gasteiger partial charge in [-0.3, -0.25) is 9.69 Å². The number of ether oxygens (including phenoxy) is 2. The molecular formula is C18H24N2O3. The molecule has 4 heterocycles. The molecule has 0 radical (unpaired) electrons. The average molecular weight is 316 g/mol. The number of nitrogens with one attached hydrogen (secondary N) is 1. The van der Waals surface area contributed by atoms with Crippen LogP contribution in [-0.2, 0) is 0 Å². The third-order valence-corrected chi connectivity index (χ3v) is 5.67. The number of carbonyl (C=O) groups excluding carboxylic acids is 1. The lowest BCUT2D eigenvalue weighted by atomic mass is 9.74. The molecule has 0 saturated carbocycles. The number of rotatable bonds is 4. The van der Waals surface area contributed by atoms with Gasteiger partial charge in [0, 0.05) is 24.7 Å². The summed E-state index contributed by atoms with van der Waals surface area (Å²) in [6, 6.07) is 5.85. The third kappa shape index (κ3) is 2.78. The molecule has 4 atom stereocenters. The molecule has 0 aromatic heterocycles. The van der Waals surface area contributed by atoms with Crippen LogP contribution in [0.5, 0.6) is 11.5 Å². The van der Waals surface area contributed by atoms with Crippen molar-refractivity contribution in [3.05, 3.63) is 23.8 Å². The quantitative estimate of drug-likeness (QED) is 0.926. The highest BCUT2D eigenvalue weighted by atomic mass is 16.7. The topological polar surface area (TPSA) is 50.8 Å².